The fraction of sp³-hybridized carbons (Fsp3) is 0.917. The maximum Gasteiger partial charge on any atom is 0.238 e. The van der Waals surface area contributed by atoms with Crippen LogP contribution in [-0.2, 0) is 14.8 Å². The zero-order chi connectivity index (χ0) is 12.6. The second kappa shape index (κ2) is 2.87. The average molecular weight is 257 g/mol. The molecular weight excluding hydrogens is 238 g/mol. The molecule has 3 atom stereocenters. The van der Waals surface area contributed by atoms with Crippen LogP contribution < -0.4 is 0 Å². The molecule has 1 aliphatic heterocycles. The number of nitrogens with zero attached hydrogens (tertiary/aromatic N) is 1. The van der Waals surface area contributed by atoms with E-state index in [9.17, 15) is 13.2 Å². The van der Waals surface area contributed by atoms with Crippen LogP contribution in [0.3, 0.4) is 0 Å². The molecule has 2 saturated carbocycles. The number of rotatable bonds is 0. The van der Waals surface area contributed by atoms with Crippen molar-refractivity contribution in [3.05, 3.63) is 0 Å². The SMILES string of the molecule is CC(=O)N1[C@@H]2C[C@@H]3CC[C@@]2(CS1(=O)=O)C3(C)C. The molecule has 2 bridgehead atoms. The number of carbonyl (C=O) groups excluding carboxylic acids is 1. The molecule has 1 heterocycles. The van der Waals surface area contributed by atoms with E-state index < -0.39 is 10.0 Å². The molecule has 1 saturated heterocycles. The molecule has 2 aliphatic carbocycles. The lowest BCUT2D eigenvalue weighted by Crippen LogP contribution is -2.43. The summed E-state index contributed by atoms with van der Waals surface area (Å²) in [5.74, 6) is 0.438. The summed E-state index contributed by atoms with van der Waals surface area (Å²) in [7, 11) is -3.38. The summed E-state index contributed by atoms with van der Waals surface area (Å²) in [5.41, 5.74) is -0.128. The number of carbonyl (C=O) groups is 1. The van der Waals surface area contributed by atoms with Crippen molar-refractivity contribution in [3.63, 3.8) is 0 Å². The largest absolute Gasteiger partial charge is 0.274 e. The summed E-state index contributed by atoms with van der Waals surface area (Å²) < 4.78 is 25.6. The minimum atomic E-state index is -3.38. The molecule has 0 aromatic carbocycles. The van der Waals surface area contributed by atoms with Gasteiger partial charge in [0.05, 0.1) is 11.8 Å². The van der Waals surface area contributed by atoms with Crippen LogP contribution >= 0.6 is 0 Å². The number of fused-ring (bicyclic) bond motifs is 1. The molecule has 0 aromatic rings. The highest BCUT2D eigenvalue weighted by atomic mass is 32.2. The Kier molecular flexibility index (Phi) is 1.94. The van der Waals surface area contributed by atoms with E-state index in [1.165, 1.54) is 11.2 Å². The Hall–Kier alpha value is -0.580. The molecular formula is C12H19NO3S. The first kappa shape index (κ1) is 11.5. The van der Waals surface area contributed by atoms with E-state index in [0.717, 1.165) is 19.3 Å². The van der Waals surface area contributed by atoms with Crippen LogP contribution in [0.25, 0.3) is 0 Å². The summed E-state index contributed by atoms with van der Waals surface area (Å²) in [4.78, 5) is 11.6. The first-order valence-corrected chi connectivity index (χ1v) is 7.86. The second-order valence-electron chi connectivity index (χ2n) is 6.44. The summed E-state index contributed by atoms with van der Waals surface area (Å²) in [6, 6.07) is -0.0706. The summed E-state index contributed by atoms with van der Waals surface area (Å²) in [6.07, 6.45) is 2.94. The topological polar surface area (TPSA) is 54.5 Å². The highest BCUT2D eigenvalue weighted by molar-refractivity contribution is 7.90. The summed E-state index contributed by atoms with van der Waals surface area (Å²) in [5, 5.41) is 0. The molecule has 96 valence electrons. The third-order valence-corrected chi connectivity index (χ3v) is 7.71. The summed E-state index contributed by atoms with van der Waals surface area (Å²) in [6.45, 7) is 5.74. The van der Waals surface area contributed by atoms with Gasteiger partial charge in [0.1, 0.15) is 0 Å². The van der Waals surface area contributed by atoms with Gasteiger partial charge in [0, 0.05) is 12.3 Å². The van der Waals surface area contributed by atoms with Gasteiger partial charge in [-0.3, -0.25) is 4.79 Å². The predicted octanol–water partition coefficient (Wildman–Crippen LogP) is 1.37. The van der Waals surface area contributed by atoms with Gasteiger partial charge >= 0.3 is 0 Å². The first-order valence-electron chi connectivity index (χ1n) is 6.25. The molecule has 17 heavy (non-hydrogen) atoms. The molecule has 3 aliphatic rings. The van der Waals surface area contributed by atoms with E-state index in [0.29, 0.717) is 5.92 Å². The fourth-order valence-electron chi connectivity index (χ4n) is 4.70. The Morgan fingerprint density at radius 2 is 2.00 bits per heavy atom. The van der Waals surface area contributed by atoms with Crippen LogP contribution in [0.2, 0.25) is 0 Å². The van der Waals surface area contributed by atoms with Crippen LogP contribution in [0.15, 0.2) is 0 Å². The van der Waals surface area contributed by atoms with E-state index >= 15 is 0 Å². The standard InChI is InChI=1S/C12H19NO3S/c1-8(14)13-10-6-9-4-5-12(10,11(9,2)3)7-17(13,15)16/h9-10H,4-7H2,1-3H3/t9-,10+,12-/m0/s1. The van der Waals surface area contributed by atoms with Gasteiger partial charge < -0.3 is 0 Å². The van der Waals surface area contributed by atoms with Crippen molar-refractivity contribution < 1.29 is 13.2 Å². The Morgan fingerprint density at radius 1 is 1.35 bits per heavy atom. The minimum absolute atomic E-state index is 0.0505. The van der Waals surface area contributed by atoms with E-state index in [1.54, 1.807) is 0 Å². The Bertz CT molecular complexity index is 496. The van der Waals surface area contributed by atoms with E-state index in [1.807, 2.05) is 0 Å². The zero-order valence-corrected chi connectivity index (χ0v) is 11.4. The first-order chi connectivity index (χ1) is 7.72. The molecule has 0 N–H and O–H groups in total. The lowest BCUT2D eigenvalue weighted by Gasteiger charge is -2.36. The lowest BCUT2D eigenvalue weighted by molar-refractivity contribution is -0.126. The van der Waals surface area contributed by atoms with Gasteiger partial charge in [-0.05, 0) is 30.6 Å². The molecule has 5 heteroatoms. The Labute approximate surface area is 102 Å². The molecule has 0 aromatic heterocycles. The highest BCUT2D eigenvalue weighted by Crippen LogP contribution is 2.69. The second-order valence-corrected chi connectivity index (χ2v) is 8.28. The van der Waals surface area contributed by atoms with Gasteiger partial charge in [0.15, 0.2) is 0 Å². The molecule has 1 spiro atoms. The fourth-order valence-corrected chi connectivity index (χ4v) is 7.27. The van der Waals surface area contributed by atoms with Crippen LogP contribution in [0.1, 0.15) is 40.0 Å². The van der Waals surface area contributed by atoms with Crippen LogP contribution in [0, 0.1) is 16.7 Å². The van der Waals surface area contributed by atoms with E-state index in [2.05, 4.69) is 13.8 Å². The molecule has 3 rings (SSSR count). The van der Waals surface area contributed by atoms with Crippen molar-refractivity contribution in [2.75, 3.05) is 5.75 Å². The highest BCUT2D eigenvalue weighted by Gasteiger charge is 2.71. The van der Waals surface area contributed by atoms with Crippen LogP contribution in [-0.4, -0.2) is 30.4 Å². The van der Waals surface area contributed by atoms with Crippen LogP contribution in [0.5, 0.6) is 0 Å². The van der Waals surface area contributed by atoms with Gasteiger partial charge in [-0.25, -0.2) is 12.7 Å². The molecule has 1 amide bonds. The smallest absolute Gasteiger partial charge is 0.238 e. The van der Waals surface area contributed by atoms with Crippen molar-refractivity contribution in [2.24, 2.45) is 16.7 Å². The van der Waals surface area contributed by atoms with Crippen molar-refractivity contribution in [1.29, 1.82) is 0 Å². The maximum atomic E-state index is 12.2. The molecule has 0 unspecified atom stereocenters. The summed E-state index contributed by atoms with van der Waals surface area (Å²) >= 11 is 0. The molecule has 3 fully saturated rings. The van der Waals surface area contributed by atoms with Crippen molar-refractivity contribution in [3.8, 4) is 0 Å². The van der Waals surface area contributed by atoms with Crippen molar-refractivity contribution in [1.82, 2.24) is 4.31 Å². The normalized spacial score (nSPS) is 45.0. The van der Waals surface area contributed by atoms with Gasteiger partial charge in [0.25, 0.3) is 0 Å². The third-order valence-electron chi connectivity index (χ3n) is 5.72. The number of sulfonamides is 1. The number of amides is 1. The average Bonchev–Trinajstić information content (AvgIpc) is 2.62. The molecule has 0 radical (unpaired) electrons. The molecule has 4 nitrogen and oxygen atoms in total. The van der Waals surface area contributed by atoms with Crippen molar-refractivity contribution >= 4 is 15.9 Å². The third kappa shape index (κ3) is 1.09. The number of hydrogen-bond acceptors (Lipinski definition) is 3. The van der Waals surface area contributed by atoms with Crippen molar-refractivity contribution in [2.45, 2.75) is 46.1 Å². The Morgan fingerprint density at radius 3 is 2.53 bits per heavy atom. The Balaban J connectivity index is 2.15. The quantitative estimate of drug-likeness (QED) is 0.658. The lowest BCUT2D eigenvalue weighted by atomic mass is 9.69. The van der Waals surface area contributed by atoms with E-state index in [-0.39, 0.29) is 28.5 Å². The zero-order valence-electron chi connectivity index (χ0n) is 10.6. The van der Waals surface area contributed by atoms with Gasteiger partial charge in [-0.2, -0.15) is 0 Å². The van der Waals surface area contributed by atoms with Crippen LogP contribution in [0.4, 0.5) is 0 Å². The minimum Gasteiger partial charge on any atom is -0.274 e. The van der Waals surface area contributed by atoms with Gasteiger partial charge in [0.2, 0.25) is 15.9 Å². The maximum absolute atomic E-state index is 12.2. The van der Waals surface area contributed by atoms with Gasteiger partial charge in [-0.15, -0.1) is 0 Å². The van der Waals surface area contributed by atoms with Gasteiger partial charge in [-0.1, -0.05) is 13.8 Å². The number of hydrogen-bond donors (Lipinski definition) is 0. The predicted molar refractivity (Wildman–Crippen MR) is 63.6 cm³/mol. The van der Waals surface area contributed by atoms with E-state index in [4.69, 9.17) is 0 Å². The monoisotopic (exact) mass is 257 g/mol.